The summed E-state index contributed by atoms with van der Waals surface area (Å²) in [6, 6.07) is 4.00. The highest BCUT2D eigenvalue weighted by Crippen LogP contribution is 2.24. The van der Waals surface area contributed by atoms with Crippen molar-refractivity contribution in [2.75, 3.05) is 0 Å². The van der Waals surface area contributed by atoms with Crippen LogP contribution in [0.4, 0.5) is 0 Å². The molecule has 2 rings (SSSR count). The molecular formula is C13H15NO. The third-order valence-corrected chi connectivity index (χ3v) is 2.79. The molecular weight excluding hydrogens is 186 g/mol. The number of primary amides is 1. The number of benzene rings is 1. The number of allylic oxidation sites excluding steroid dienone is 1. The van der Waals surface area contributed by atoms with Gasteiger partial charge in [0.2, 0.25) is 5.91 Å². The molecule has 0 heterocycles. The van der Waals surface area contributed by atoms with E-state index in [-0.39, 0.29) is 5.91 Å². The first kappa shape index (κ1) is 9.97. The van der Waals surface area contributed by atoms with Gasteiger partial charge < -0.3 is 5.73 Å². The highest BCUT2D eigenvalue weighted by molar-refractivity contribution is 5.95. The van der Waals surface area contributed by atoms with Gasteiger partial charge in [-0.05, 0) is 48.9 Å². The third-order valence-electron chi connectivity index (χ3n) is 2.79. The van der Waals surface area contributed by atoms with Crippen LogP contribution < -0.4 is 5.73 Å². The first-order valence-corrected chi connectivity index (χ1v) is 5.28. The molecule has 0 saturated carbocycles. The normalized spacial score (nSPS) is 14.5. The lowest BCUT2D eigenvalue weighted by molar-refractivity contribution is 0.0999. The Morgan fingerprint density at radius 2 is 2.20 bits per heavy atom. The lowest BCUT2D eigenvalue weighted by Crippen LogP contribution is -2.15. The minimum Gasteiger partial charge on any atom is -0.366 e. The lowest BCUT2D eigenvalue weighted by Gasteiger charge is -2.10. The van der Waals surface area contributed by atoms with Crippen molar-refractivity contribution in [3.8, 4) is 0 Å². The second kappa shape index (κ2) is 3.89. The maximum atomic E-state index is 11.3. The van der Waals surface area contributed by atoms with Crippen molar-refractivity contribution in [3.63, 3.8) is 0 Å². The molecule has 0 saturated heterocycles. The Balaban J connectivity index is 2.62. The van der Waals surface area contributed by atoms with Gasteiger partial charge in [0.05, 0.1) is 0 Å². The SMILES string of the molecule is Cc1cc2c(c(C(N)=O)c1)CCCC=C2. The molecule has 2 nitrogen and oxygen atoms in total. The molecule has 78 valence electrons. The molecule has 2 N–H and O–H groups in total. The summed E-state index contributed by atoms with van der Waals surface area (Å²) in [5, 5.41) is 0. The molecule has 0 radical (unpaired) electrons. The number of hydrogen-bond donors (Lipinski definition) is 1. The Morgan fingerprint density at radius 1 is 1.40 bits per heavy atom. The molecule has 0 aliphatic heterocycles. The van der Waals surface area contributed by atoms with Crippen molar-refractivity contribution < 1.29 is 4.79 Å². The van der Waals surface area contributed by atoms with Gasteiger partial charge in [0.15, 0.2) is 0 Å². The zero-order chi connectivity index (χ0) is 10.8. The van der Waals surface area contributed by atoms with Crippen molar-refractivity contribution in [2.45, 2.75) is 26.2 Å². The molecule has 1 aromatic rings. The molecule has 1 amide bonds. The van der Waals surface area contributed by atoms with Crippen molar-refractivity contribution in [2.24, 2.45) is 5.73 Å². The van der Waals surface area contributed by atoms with E-state index in [1.54, 1.807) is 0 Å². The highest BCUT2D eigenvalue weighted by atomic mass is 16.1. The summed E-state index contributed by atoms with van der Waals surface area (Å²) >= 11 is 0. The smallest absolute Gasteiger partial charge is 0.249 e. The average molecular weight is 201 g/mol. The van der Waals surface area contributed by atoms with Crippen LogP contribution >= 0.6 is 0 Å². The number of nitrogens with two attached hydrogens (primary N) is 1. The highest BCUT2D eigenvalue weighted by Gasteiger charge is 2.13. The van der Waals surface area contributed by atoms with Crippen molar-refractivity contribution in [1.82, 2.24) is 0 Å². The minimum atomic E-state index is -0.315. The molecule has 1 aliphatic carbocycles. The van der Waals surface area contributed by atoms with E-state index in [0.717, 1.165) is 36.0 Å². The zero-order valence-electron chi connectivity index (χ0n) is 8.92. The van der Waals surface area contributed by atoms with E-state index in [1.165, 1.54) is 0 Å². The van der Waals surface area contributed by atoms with Gasteiger partial charge in [-0.15, -0.1) is 0 Å². The van der Waals surface area contributed by atoms with Crippen LogP contribution in [-0.2, 0) is 6.42 Å². The topological polar surface area (TPSA) is 43.1 Å². The quantitative estimate of drug-likeness (QED) is 0.745. The van der Waals surface area contributed by atoms with Gasteiger partial charge in [0.25, 0.3) is 0 Å². The molecule has 0 aromatic heterocycles. The molecule has 1 aromatic carbocycles. The Labute approximate surface area is 89.8 Å². The van der Waals surface area contributed by atoms with Crippen LogP contribution in [0.5, 0.6) is 0 Å². The number of carbonyl (C=O) groups is 1. The Kier molecular flexibility index (Phi) is 2.58. The molecule has 0 unspecified atom stereocenters. The van der Waals surface area contributed by atoms with Gasteiger partial charge in [0, 0.05) is 5.56 Å². The summed E-state index contributed by atoms with van der Waals surface area (Å²) in [5.74, 6) is -0.315. The first-order chi connectivity index (χ1) is 7.18. The fourth-order valence-corrected chi connectivity index (χ4v) is 2.10. The summed E-state index contributed by atoms with van der Waals surface area (Å²) in [7, 11) is 0. The van der Waals surface area contributed by atoms with Crippen LogP contribution in [0, 0.1) is 6.92 Å². The molecule has 0 fully saturated rings. The first-order valence-electron chi connectivity index (χ1n) is 5.28. The van der Waals surface area contributed by atoms with Crippen LogP contribution in [0.25, 0.3) is 6.08 Å². The van der Waals surface area contributed by atoms with Crippen molar-refractivity contribution in [1.29, 1.82) is 0 Å². The van der Waals surface area contributed by atoms with E-state index in [1.807, 2.05) is 13.0 Å². The van der Waals surface area contributed by atoms with Crippen LogP contribution in [0.15, 0.2) is 18.2 Å². The molecule has 0 bridgehead atoms. The monoisotopic (exact) mass is 201 g/mol. The number of fused-ring (bicyclic) bond motifs is 1. The van der Waals surface area contributed by atoms with Crippen LogP contribution in [-0.4, -0.2) is 5.91 Å². The Morgan fingerprint density at radius 3 is 2.93 bits per heavy atom. The van der Waals surface area contributed by atoms with Crippen LogP contribution in [0.3, 0.4) is 0 Å². The summed E-state index contributed by atoms with van der Waals surface area (Å²) in [4.78, 5) is 11.3. The summed E-state index contributed by atoms with van der Waals surface area (Å²) in [6.45, 7) is 1.99. The van der Waals surface area contributed by atoms with E-state index < -0.39 is 0 Å². The lowest BCUT2D eigenvalue weighted by atomic mass is 9.95. The van der Waals surface area contributed by atoms with E-state index in [9.17, 15) is 4.79 Å². The average Bonchev–Trinajstić information content (AvgIpc) is 2.41. The van der Waals surface area contributed by atoms with E-state index in [0.29, 0.717) is 5.56 Å². The van der Waals surface area contributed by atoms with Crippen molar-refractivity contribution in [3.05, 3.63) is 40.5 Å². The fraction of sp³-hybridized carbons (Fsp3) is 0.308. The predicted octanol–water partition coefficient (Wildman–Crippen LogP) is 2.44. The van der Waals surface area contributed by atoms with Crippen molar-refractivity contribution >= 4 is 12.0 Å². The molecule has 15 heavy (non-hydrogen) atoms. The number of rotatable bonds is 1. The van der Waals surface area contributed by atoms with E-state index >= 15 is 0 Å². The number of amides is 1. The number of hydrogen-bond acceptors (Lipinski definition) is 1. The van der Waals surface area contributed by atoms with Crippen LogP contribution in [0.1, 0.15) is 39.9 Å². The summed E-state index contributed by atoms with van der Waals surface area (Å²) in [5.41, 5.74) is 9.44. The minimum absolute atomic E-state index is 0.315. The zero-order valence-corrected chi connectivity index (χ0v) is 8.92. The fourth-order valence-electron chi connectivity index (χ4n) is 2.10. The maximum Gasteiger partial charge on any atom is 0.249 e. The van der Waals surface area contributed by atoms with Gasteiger partial charge in [-0.25, -0.2) is 0 Å². The van der Waals surface area contributed by atoms with Gasteiger partial charge in [-0.3, -0.25) is 4.79 Å². The Bertz CT molecular complexity index is 432. The number of carbonyl (C=O) groups excluding carboxylic acids is 1. The second-order valence-corrected chi connectivity index (χ2v) is 4.04. The van der Waals surface area contributed by atoms with Crippen LogP contribution in [0.2, 0.25) is 0 Å². The second-order valence-electron chi connectivity index (χ2n) is 4.04. The largest absolute Gasteiger partial charge is 0.366 e. The summed E-state index contributed by atoms with van der Waals surface area (Å²) < 4.78 is 0. The van der Waals surface area contributed by atoms with Gasteiger partial charge in [-0.2, -0.15) is 0 Å². The molecule has 0 atom stereocenters. The maximum absolute atomic E-state index is 11.3. The molecule has 0 spiro atoms. The van der Waals surface area contributed by atoms with E-state index in [4.69, 9.17) is 5.73 Å². The predicted molar refractivity (Wildman–Crippen MR) is 61.7 cm³/mol. The molecule has 2 heteroatoms. The Hall–Kier alpha value is -1.57. The van der Waals surface area contributed by atoms with E-state index in [2.05, 4.69) is 18.2 Å². The number of aryl methyl sites for hydroxylation is 1. The molecule has 1 aliphatic rings. The third kappa shape index (κ3) is 1.94. The summed E-state index contributed by atoms with van der Waals surface area (Å²) in [6.07, 6.45) is 7.37. The van der Waals surface area contributed by atoms with Gasteiger partial charge in [0.1, 0.15) is 0 Å². The standard InChI is InChI=1S/C13H15NO/c1-9-7-10-5-3-2-4-6-11(10)12(8-9)13(14)15/h3,5,7-8H,2,4,6H2,1H3,(H2,14,15). The van der Waals surface area contributed by atoms with Gasteiger partial charge in [-0.1, -0.05) is 18.2 Å². The van der Waals surface area contributed by atoms with Gasteiger partial charge >= 0.3 is 0 Å².